The van der Waals surface area contributed by atoms with Gasteiger partial charge in [0.05, 0.1) is 34.2 Å². The van der Waals surface area contributed by atoms with E-state index < -0.39 is 29.7 Å². The van der Waals surface area contributed by atoms with Crippen molar-refractivity contribution in [2.24, 2.45) is 0 Å². The third kappa shape index (κ3) is 4.98. The largest absolute Gasteiger partial charge is 0.367 e. The van der Waals surface area contributed by atoms with E-state index >= 15 is 0 Å². The van der Waals surface area contributed by atoms with E-state index in [1.165, 1.54) is 24.1 Å². The lowest BCUT2D eigenvalue weighted by Crippen LogP contribution is -2.54. The summed E-state index contributed by atoms with van der Waals surface area (Å²) in [4.78, 5) is 58.3. The van der Waals surface area contributed by atoms with Gasteiger partial charge < -0.3 is 15.5 Å². The van der Waals surface area contributed by atoms with Gasteiger partial charge >= 0.3 is 0 Å². The van der Waals surface area contributed by atoms with Crippen molar-refractivity contribution in [3.8, 4) is 11.3 Å². The first-order chi connectivity index (χ1) is 21.9. The highest BCUT2D eigenvalue weighted by Gasteiger charge is 2.44. The normalized spacial score (nSPS) is 23.2. The van der Waals surface area contributed by atoms with E-state index in [0.717, 1.165) is 60.9 Å². The first kappa shape index (κ1) is 27.7. The second-order valence-electron chi connectivity index (χ2n) is 12.5. The van der Waals surface area contributed by atoms with E-state index in [2.05, 4.69) is 37.8 Å². The molecule has 3 aromatic rings. The predicted molar refractivity (Wildman–Crippen MR) is 166 cm³/mol. The summed E-state index contributed by atoms with van der Waals surface area (Å²) in [7, 11) is 0. The number of benzene rings is 1. The van der Waals surface area contributed by atoms with Gasteiger partial charge in [-0.05, 0) is 68.0 Å². The third-order valence-electron chi connectivity index (χ3n) is 9.48. The molecule has 0 bridgehead atoms. The Morgan fingerprint density at radius 3 is 2.51 bits per heavy atom. The van der Waals surface area contributed by atoms with Gasteiger partial charge in [-0.15, -0.1) is 0 Å². The number of hydrogen-bond acceptors (Lipinski definition) is 9. The number of piperidine rings is 1. The Morgan fingerprint density at radius 1 is 0.933 bits per heavy atom. The summed E-state index contributed by atoms with van der Waals surface area (Å²) < 4.78 is 2.12. The zero-order valence-electron chi connectivity index (χ0n) is 24.8. The Balaban J connectivity index is 0.958. The van der Waals surface area contributed by atoms with Crippen LogP contribution in [0, 0.1) is 0 Å². The van der Waals surface area contributed by atoms with E-state index in [1.807, 2.05) is 18.5 Å². The molecule has 1 aromatic carbocycles. The van der Waals surface area contributed by atoms with Crippen LogP contribution in [-0.4, -0.2) is 75.5 Å². The highest BCUT2D eigenvalue weighted by Crippen LogP contribution is 2.46. The van der Waals surface area contributed by atoms with Crippen LogP contribution in [-0.2, 0) is 9.59 Å². The Morgan fingerprint density at radius 2 is 1.73 bits per heavy atom. The van der Waals surface area contributed by atoms with E-state index in [9.17, 15) is 19.2 Å². The number of allylic oxidation sites excluding steroid dienone is 1. The van der Waals surface area contributed by atoms with Crippen LogP contribution in [0.3, 0.4) is 0 Å². The van der Waals surface area contributed by atoms with Crippen molar-refractivity contribution in [1.82, 2.24) is 30.3 Å². The molecule has 0 radical (unpaired) electrons. The maximum atomic E-state index is 13.2. The van der Waals surface area contributed by atoms with Crippen LogP contribution in [0.4, 0.5) is 11.4 Å². The first-order valence-electron chi connectivity index (χ1n) is 15.7. The van der Waals surface area contributed by atoms with Crippen LogP contribution in [0.15, 0.2) is 54.5 Å². The molecule has 45 heavy (non-hydrogen) atoms. The van der Waals surface area contributed by atoms with Gasteiger partial charge in [0.25, 0.3) is 11.8 Å². The molecule has 2 saturated heterocycles. The van der Waals surface area contributed by atoms with Crippen LogP contribution in [0.5, 0.6) is 0 Å². The van der Waals surface area contributed by atoms with Gasteiger partial charge in [0.15, 0.2) is 0 Å². The molecule has 3 aliphatic heterocycles. The molecule has 4 fully saturated rings. The van der Waals surface area contributed by atoms with Gasteiger partial charge in [0, 0.05) is 68.4 Å². The minimum atomic E-state index is -0.977. The molecule has 4 amide bonds. The number of imide groups is 2. The van der Waals surface area contributed by atoms with Crippen molar-refractivity contribution in [2.45, 2.75) is 56.5 Å². The number of hydrogen-bond donors (Lipinski definition) is 3. The van der Waals surface area contributed by atoms with E-state index in [4.69, 9.17) is 10.1 Å². The molecule has 3 N–H and O–H groups in total. The molecule has 12 nitrogen and oxygen atoms in total. The number of piperazine rings is 1. The summed E-state index contributed by atoms with van der Waals surface area (Å²) in [6.07, 6.45) is 10.3. The number of nitrogens with zero attached hydrogens (tertiary/aromatic N) is 5. The third-order valence-corrected chi connectivity index (χ3v) is 9.48. The summed E-state index contributed by atoms with van der Waals surface area (Å²) >= 11 is 0. The van der Waals surface area contributed by atoms with Crippen LogP contribution in [0.2, 0.25) is 0 Å². The number of nitrogens with one attached hydrogen (secondary N) is 3. The van der Waals surface area contributed by atoms with Crippen LogP contribution in [0.1, 0.15) is 76.9 Å². The average Bonchev–Trinajstić information content (AvgIpc) is 3.74. The fraction of sp³-hybridized carbons (Fsp3) is 0.394. The number of anilines is 2. The minimum Gasteiger partial charge on any atom is -0.367 e. The molecule has 2 aliphatic carbocycles. The molecule has 8 rings (SSSR count). The minimum absolute atomic E-state index is 0.0909. The Labute approximate surface area is 259 Å². The molecule has 5 heterocycles. The van der Waals surface area contributed by atoms with Gasteiger partial charge in [-0.25, -0.2) is 0 Å². The Bertz CT molecular complexity index is 1760. The summed E-state index contributed by atoms with van der Waals surface area (Å²) in [5, 5.41) is 14.0. The highest BCUT2D eigenvalue weighted by molar-refractivity contribution is 6.23. The zero-order chi connectivity index (χ0) is 30.7. The van der Waals surface area contributed by atoms with Crippen LogP contribution < -0.4 is 20.9 Å². The van der Waals surface area contributed by atoms with Crippen LogP contribution in [0.25, 0.3) is 11.3 Å². The lowest BCUT2D eigenvalue weighted by Gasteiger charge is -2.30. The smallest absolute Gasteiger partial charge is 0.262 e. The number of amides is 4. The van der Waals surface area contributed by atoms with Crippen molar-refractivity contribution >= 4 is 35.0 Å². The number of carbonyl (C=O) groups excluding carboxylic acids is 4. The van der Waals surface area contributed by atoms with Crippen molar-refractivity contribution in [3.63, 3.8) is 0 Å². The number of carbonyl (C=O) groups is 4. The molecule has 2 saturated carbocycles. The van der Waals surface area contributed by atoms with Gasteiger partial charge in [-0.1, -0.05) is 0 Å². The molecule has 1 atom stereocenters. The zero-order valence-corrected chi connectivity index (χ0v) is 24.8. The van der Waals surface area contributed by atoms with Crippen molar-refractivity contribution in [3.05, 3.63) is 71.3 Å². The molecule has 5 aliphatic rings. The van der Waals surface area contributed by atoms with Crippen molar-refractivity contribution in [2.75, 3.05) is 36.4 Å². The summed E-state index contributed by atoms with van der Waals surface area (Å²) in [6.45, 7) is 3.86. The summed E-state index contributed by atoms with van der Waals surface area (Å²) in [6, 6.07) is 8.50. The average molecular weight is 607 g/mol. The molecular weight excluding hydrogens is 572 g/mol. The molecule has 1 unspecified atom stereocenters. The monoisotopic (exact) mass is 606 g/mol. The number of fused-ring (bicyclic) bond motifs is 1. The summed E-state index contributed by atoms with van der Waals surface area (Å²) in [5.41, 5.74) is 6.93. The number of aromatic nitrogens is 3. The second kappa shape index (κ2) is 11.0. The van der Waals surface area contributed by atoms with E-state index in [1.54, 1.807) is 18.2 Å². The Kier molecular flexibility index (Phi) is 6.74. The molecular formula is C33H34N8O4. The molecule has 230 valence electrons. The first-order valence-corrected chi connectivity index (χ1v) is 15.7. The second-order valence-corrected chi connectivity index (χ2v) is 12.5. The number of rotatable bonds is 7. The quantitative estimate of drug-likeness (QED) is 0.346. The molecule has 2 aromatic heterocycles. The van der Waals surface area contributed by atoms with Crippen molar-refractivity contribution in [1.29, 1.82) is 0 Å². The summed E-state index contributed by atoms with van der Waals surface area (Å²) in [5.74, 6) is -1.53. The fourth-order valence-electron chi connectivity index (χ4n) is 6.80. The van der Waals surface area contributed by atoms with E-state index in [-0.39, 0.29) is 30.0 Å². The van der Waals surface area contributed by atoms with Crippen LogP contribution >= 0.6 is 0 Å². The molecule has 12 heteroatoms. The maximum Gasteiger partial charge on any atom is 0.262 e. The van der Waals surface area contributed by atoms with Gasteiger partial charge in [0.2, 0.25) is 11.8 Å². The molecule has 0 spiro atoms. The topological polar surface area (TPSA) is 142 Å². The van der Waals surface area contributed by atoms with E-state index in [0.29, 0.717) is 11.6 Å². The fourth-order valence-corrected chi connectivity index (χ4v) is 6.80. The predicted octanol–water partition coefficient (Wildman–Crippen LogP) is 2.96. The lowest BCUT2D eigenvalue weighted by molar-refractivity contribution is -0.136. The van der Waals surface area contributed by atoms with Gasteiger partial charge in [-0.3, -0.25) is 39.1 Å². The highest BCUT2D eigenvalue weighted by atomic mass is 16.2. The van der Waals surface area contributed by atoms with Gasteiger partial charge in [0.1, 0.15) is 6.04 Å². The lowest BCUT2D eigenvalue weighted by atomic mass is 9.87. The standard InChI is InChI=1S/C33H34N8O4/c42-28-8-7-27(31(43)37-28)41-32(44)23-6-5-21(16-24(23)33(41)45)36-17-19-14-22(15-19)40-18-25(29(38-40)20-3-4-20)30-26(2-1-9-35-30)39-12-10-34-11-13-39/h1-2,5-6,9,16-18,20,22,27,34,36H,3-4,7-8,10-15H2,(H,37,42,43). The maximum absolute atomic E-state index is 13.2. The number of pyridine rings is 1. The van der Waals surface area contributed by atoms with Gasteiger partial charge in [-0.2, -0.15) is 5.10 Å². The Hall–Kier alpha value is -4.84. The SMILES string of the molecule is O=C1CCC(N2C(=O)c3ccc(NC=C4CC(n5cc(-c6ncccc6N6CCNCC6)c(C6CC6)n5)C4)cc3C2=O)C(=O)N1. The van der Waals surface area contributed by atoms with Crippen molar-refractivity contribution < 1.29 is 19.2 Å².